The molecule has 0 N–H and O–H groups in total. The van der Waals surface area contributed by atoms with Gasteiger partial charge in [0.15, 0.2) is 17.5 Å². The highest BCUT2D eigenvalue weighted by Gasteiger charge is 2.21. The van der Waals surface area contributed by atoms with E-state index in [1.54, 1.807) is 0 Å². The second-order valence-electron chi connectivity index (χ2n) is 12.8. The van der Waals surface area contributed by atoms with Gasteiger partial charge in [-0.25, -0.2) is 15.0 Å². The zero-order chi connectivity index (χ0) is 33.7. The van der Waals surface area contributed by atoms with E-state index in [1.165, 1.54) is 27.3 Å². The molecule has 10 rings (SSSR count). The molecule has 8 aromatic carbocycles. The molecule has 0 aliphatic rings. The number of para-hydroxylation sites is 1. The number of aromatic nitrogens is 3. The Morgan fingerprint density at radius 1 is 0.333 bits per heavy atom. The van der Waals surface area contributed by atoms with Crippen LogP contribution in [0.3, 0.4) is 0 Å². The average Bonchev–Trinajstić information content (AvgIpc) is 3.61. The van der Waals surface area contributed by atoms with E-state index in [1.807, 2.05) is 54.6 Å². The van der Waals surface area contributed by atoms with Crippen LogP contribution >= 0.6 is 0 Å². The smallest absolute Gasteiger partial charge is 0.164 e. The number of hydrogen-bond donors (Lipinski definition) is 0. The third-order valence-corrected chi connectivity index (χ3v) is 9.72. The summed E-state index contributed by atoms with van der Waals surface area (Å²) < 4.78 is 6.60. The summed E-state index contributed by atoms with van der Waals surface area (Å²) >= 11 is 0. The first-order valence-corrected chi connectivity index (χ1v) is 17.1. The molecule has 0 aliphatic carbocycles. The van der Waals surface area contributed by atoms with Gasteiger partial charge in [-0.2, -0.15) is 0 Å². The minimum Gasteiger partial charge on any atom is -0.455 e. The number of nitrogens with zero attached hydrogens (tertiary/aromatic N) is 3. The van der Waals surface area contributed by atoms with Gasteiger partial charge in [-0.3, -0.25) is 0 Å². The van der Waals surface area contributed by atoms with Gasteiger partial charge in [0.2, 0.25) is 0 Å². The molecule has 4 nitrogen and oxygen atoms in total. The van der Waals surface area contributed by atoms with Crippen LogP contribution in [0, 0.1) is 0 Å². The van der Waals surface area contributed by atoms with Crippen molar-refractivity contribution in [2.45, 2.75) is 0 Å². The molecule has 0 saturated heterocycles. The molecule has 0 aliphatic heterocycles. The standard InChI is InChI=1S/C47H29N3O/c1-4-14-30(15-5-1)36-26-27-39(43-38-22-12-13-23-42(38)51-44(36)43)47-49-45(32-18-8-3-9-19-32)48-46(50-47)34-24-25-37-35-21-11-10-20-33(35)28-40(41(37)29-34)31-16-6-2-7-17-31/h1-29H. The molecule has 51 heavy (non-hydrogen) atoms. The predicted molar refractivity (Wildman–Crippen MR) is 209 cm³/mol. The van der Waals surface area contributed by atoms with Crippen molar-refractivity contribution in [1.82, 2.24) is 15.0 Å². The lowest BCUT2D eigenvalue weighted by Gasteiger charge is -2.14. The topological polar surface area (TPSA) is 51.8 Å². The maximum absolute atomic E-state index is 6.60. The first-order chi connectivity index (χ1) is 25.3. The molecule has 0 bridgehead atoms. The summed E-state index contributed by atoms with van der Waals surface area (Å²) in [6.45, 7) is 0. The molecule has 0 saturated carbocycles. The molecule has 0 atom stereocenters. The maximum atomic E-state index is 6.60. The SMILES string of the molecule is c1ccc(-c2nc(-c3ccc4c(c3)c(-c3ccccc3)cc3ccccc34)nc(-c3ccc(-c4ccccc4)c4oc5ccccc5c34)n2)cc1. The van der Waals surface area contributed by atoms with E-state index in [0.717, 1.165) is 55.1 Å². The summed E-state index contributed by atoms with van der Waals surface area (Å²) in [7, 11) is 0. The highest BCUT2D eigenvalue weighted by molar-refractivity contribution is 6.16. The summed E-state index contributed by atoms with van der Waals surface area (Å²) in [6, 6.07) is 61.0. The molecule has 0 amide bonds. The number of fused-ring (bicyclic) bond motifs is 6. The third-order valence-electron chi connectivity index (χ3n) is 9.72. The van der Waals surface area contributed by atoms with Gasteiger partial charge in [0, 0.05) is 33.0 Å². The van der Waals surface area contributed by atoms with Gasteiger partial charge in [0.25, 0.3) is 0 Å². The van der Waals surface area contributed by atoms with Crippen molar-refractivity contribution in [1.29, 1.82) is 0 Å². The normalized spacial score (nSPS) is 11.5. The first kappa shape index (κ1) is 29.0. The fourth-order valence-corrected chi connectivity index (χ4v) is 7.30. The van der Waals surface area contributed by atoms with Crippen LogP contribution in [0.2, 0.25) is 0 Å². The number of furan rings is 1. The van der Waals surface area contributed by atoms with Crippen LogP contribution in [-0.2, 0) is 0 Å². The van der Waals surface area contributed by atoms with E-state index in [4.69, 9.17) is 19.4 Å². The van der Waals surface area contributed by atoms with Crippen LogP contribution in [0.25, 0.3) is 99.9 Å². The van der Waals surface area contributed by atoms with Gasteiger partial charge >= 0.3 is 0 Å². The van der Waals surface area contributed by atoms with Crippen molar-refractivity contribution in [3.63, 3.8) is 0 Å². The molecule has 2 aromatic heterocycles. The van der Waals surface area contributed by atoms with Crippen molar-refractivity contribution in [3.8, 4) is 56.4 Å². The molecular weight excluding hydrogens is 623 g/mol. The zero-order valence-corrected chi connectivity index (χ0v) is 27.5. The van der Waals surface area contributed by atoms with E-state index in [2.05, 4.69) is 121 Å². The average molecular weight is 652 g/mol. The van der Waals surface area contributed by atoms with E-state index >= 15 is 0 Å². The van der Waals surface area contributed by atoms with Gasteiger partial charge in [0.05, 0.1) is 0 Å². The fraction of sp³-hybridized carbons (Fsp3) is 0. The molecule has 4 heteroatoms. The van der Waals surface area contributed by atoms with Gasteiger partial charge in [-0.15, -0.1) is 0 Å². The number of rotatable bonds is 5. The Morgan fingerprint density at radius 2 is 0.902 bits per heavy atom. The minimum atomic E-state index is 0.594. The van der Waals surface area contributed by atoms with E-state index < -0.39 is 0 Å². The molecule has 0 radical (unpaired) electrons. The van der Waals surface area contributed by atoms with Crippen molar-refractivity contribution >= 4 is 43.5 Å². The largest absolute Gasteiger partial charge is 0.455 e. The summed E-state index contributed by atoms with van der Waals surface area (Å²) in [5.41, 5.74) is 8.83. The molecular formula is C47H29N3O. The Balaban J connectivity index is 1.24. The molecule has 2 heterocycles. The van der Waals surface area contributed by atoms with E-state index in [0.29, 0.717) is 17.5 Å². The monoisotopic (exact) mass is 651 g/mol. The summed E-state index contributed by atoms with van der Waals surface area (Å²) in [5.74, 6) is 1.82. The first-order valence-electron chi connectivity index (χ1n) is 17.1. The Labute approximate surface area is 294 Å². The molecule has 0 spiro atoms. The number of benzene rings is 8. The Bertz CT molecular complexity index is 2900. The fourth-order valence-electron chi connectivity index (χ4n) is 7.30. The van der Waals surface area contributed by atoms with Crippen molar-refractivity contribution in [3.05, 3.63) is 176 Å². The van der Waals surface area contributed by atoms with Crippen LogP contribution in [0.1, 0.15) is 0 Å². The van der Waals surface area contributed by atoms with Gasteiger partial charge in [-0.05, 0) is 68.6 Å². The van der Waals surface area contributed by atoms with E-state index in [-0.39, 0.29) is 0 Å². The molecule has 238 valence electrons. The Hall–Kier alpha value is -6.91. The molecule has 10 aromatic rings. The van der Waals surface area contributed by atoms with Gasteiger partial charge in [0.1, 0.15) is 11.2 Å². The van der Waals surface area contributed by atoms with Crippen LogP contribution < -0.4 is 0 Å². The quantitative estimate of drug-likeness (QED) is 0.174. The lowest BCUT2D eigenvalue weighted by Crippen LogP contribution is -2.00. The van der Waals surface area contributed by atoms with Crippen LogP contribution in [0.15, 0.2) is 180 Å². The van der Waals surface area contributed by atoms with Crippen LogP contribution in [0.4, 0.5) is 0 Å². The zero-order valence-electron chi connectivity index (χ0n) is 27.5. The maximum Gasteiger partial charge on any atom is 0.164 e. The van der Waals surface area contributed by atoms with Crippen molar-refractivity contribution in [2.75, 3.05) is 0 Å². The highest BCUT2D eigenvalue weighted by Crippen LogP contribution is 2.42. The summed E-state index contributed by atoms with van der Waals surface area (Å²) in [6.07, 6.45) is 0. The Kier molecular flexibility index (Phi) is 6.78. The minimum absolute atomic E-state index is 0.594. The third kappa shape index (κ3) is 4.96. The second-order valence-corrected chi connectivity index (χ2v) is 12.8. The second kappa shape index (κ2) is 11.9. The summed E-state index contributed by atoms with van der Waals surface area (Å²) in [5, 5.41) is 6.77. The summed E-state index contributed by atoms with van der Waals surface area (Å²) in [4.78, 5) is 15.5. The van der Waals surface area contributed by atoms with Gasteiger partial charge in [-0.1, -0.05) is 146 Å². The molecule has 0 fully saturated rings. The predicted octanol–water partition coefficient (Wildman–Crippen LogP) is 12.4. The van der Waals surface area contributed by atoms with Crippen molar-refractivity contribution in [2.24, 2.45) is 0 Å². The van der Waals surface area contributed by atoms with Gasteiger partial charge < -0.3 is 4.42 Å². The lowest BCUT2D eigenvalue weighted by atomic mass is 9.92. The Morgan fingerprint density at radius 3 is 1.65 bits per heavy atom. The van der Waals surface area contributed by atoms with Crippen molar-refractivity contribution < 1.29 is 4.42 Å². The van der Waals surface area contributed by atoms with Crippen LogP contribution in [-0.4, -0.2) is 15.0 Å². The lowest BCUT2D eigenvalue weighted by molar-refractivity contribution is 0.670. The van der Waals surface area contributed by atoms with E-state index in [9.17, 15) is 0 Å². The van der Waals surface area contributed by atoms with Crippen LogP contribution in [0.5, 0.6) is 0 Å². The highest BCUT2D eigenvalue weighted by atomic mass is 16.3. The molecule has 0 unspecified atom stereocenters. The number of hydrogen-bond acceptors (Lipinski definition) is 4.